The van der Waals surface area contributed by atoms with Crippen molar-refractivity contribution in [1.82, 2.24) is 19.8 Å². The molecule has 3 aliphatic rings. The second kappa shape index (κ2) is 11.6. The van der Waals surface area contributed by atoms with E-state index >= 15 is 8.78 Å². The number of nitriles is 1. The number of alkyl halides is 1. The summed E-state index contributed by atoms with van der Waals surface area (Å²) in [6.07, 6.45) is 4.04. The molecule has 1 saturated carbocycles. The Morgan fingerprint density at radius 2 is 1.73 bits per heavy atom. The third kappa shape index (κ3) is 5.29. The number of fused-ring (bicyclic) bond motifs is 1. The Morgan fingerprint density at radius 1 is 1.09 bits per heavy atom. The van der Waals surface area contributed by atoms with Gasteiger partial charge in [-0.05, 0) is 69.0 Å². The number of nitrogens with zero attached hydrogens (tertiary/aromatic N) is 5. The molecule has 1 aromatic heterocycles. The Hall–Kier alpha value is -3.20. The molecule has 8 nitrogen and oxygen atoms in total. The number of hydrogen-bond donors (Lipinski definition) is 1. The smallest absolute Gasteiger partial charge is 0.257 e. The van der Waals surface area contributed by atoms with Crippen molar-refractivity contribution >= 4 is 29.1 Å². The van der Waals surface area contributed by atoms with E-state index in [0.717, 1.165) is 6.07 Å². The maximum atomic E-state index is 16.8. The zero-order chi connectivity index (χ0) is 32.2. The van der Waals surface area contributed by atoms with E-state index in [1.807, 2.05) is 11.9 Å². The molecule has 1 saturated heterocycles. The lowest BCUT2D eigenvalue weighted by molar-refractivity contribution is -0.136. The lowest BCUT2D eigenvalue weighted by atomic mass is 9.71. The second-order valence-electron chi connectivity index (χ2n) is 12.4. The highest BCUT2D eigenvalue weighted by molar-refractivity contribution is 6.30. The van der Waals surface area contributed by atoms with Crippen LogP contribution in [-0.2, 0) is 22.6 Å². The second-order valence-corrected chi connectivity index (χ2v) is 13.3. The van der Waals surface area contributed by atoms with Gasteiger partial charge in [-0.15, -0.1) is 0 Å². The van der Waals surface area contributed by atoms with Crippen molar-refractivity contribution in [1.29, 1.82) is 5.26 Å². The minimum atomic E-state index is -2.06. The average Bonchev–Trinajstić information content (AvgIpc) is 3.79. The Labute approximate surface area is 270 Å². The number of carbonyl (C=O) groups is 1. The van der Waals surface area contributed by atoms with Gasteiger partial charge in [-0.25, -0.2) is 18.7 Å². The van der Waals surface area contributed by atoms with E-state index in [1.165, 1.54) is 23.4 Å². The van der Waals surface area contributed by atoms with Gasteiger partial charge in [-0.1, -0.05) is 42.3 Å². The van der Waals surface area contributed by atoms with Crippen molar-refractivity contribution in [2.45, 2.75) is 62.6 Å². The van der Waals surface area contributed by atoms with E-state index in [0.29, 0.717) is 41.5 Å². The average molecular weight is 657 g/mol. The van der Waals surface area contributed by atoms with E-state index in [9.17, 15) is 15.2 Å². The number of aromatic nitrogens is 2. The molecule has 2 fully saturated rings. The van der Waals surface area contributed by atoms with Crippen molar-refractivity contribution < 1.29 is 23.4 Å². The number of likely N-dealkylation sites (tertiary alicyclic amines) is 1. The Kier molecular flexibility index (Phi) is 8.15. The fraction of sp³-hybridized carbons (Fsp3) is 0.455. The van der Waals surface area contributed by atoms with Crippen molar-refractivity contribution in [3.63, 3.8) is 0 Å². The fourth-order valence-corrected chi connectivity index (χ4v) is 6.81. The molecule has 6 rings (SSSR count). The summed E-state index contributed by atoms with van der Waals surface area (Å²) >= 11 is 12.3. The van der Waals surface area contributed by atoms with Gasteiger partial charge in [0.05, 0.1) is 40.8 Å². The number of hydrogen-bond acceptors (Lipinski definition) is 7. The SMILES string of the molecule is CC[C@](O)(c1cc(F)c2c(c1)C(=O)N(Cc1ncc(Cl)cn1)[C@@]2(OCC1(C#N)CC1)c1ccc(Cl)cc1)C1(F)CCN(C)CC1. The van der Waals surface area contributed by atoms with Crippen LogP contribution < -0.4 is 0 Å². The zero-order valence-electron chi connectivity index (χ0n) is 25.0. The Bertz CT molecular complexity index is 1660. The van der Waals surface area contributed by atoms with E-state index < -0.39 is 34.1 Å². The molecule has 3 aromatic rings. The zero-order valence-corrected chi connectivity index (χ0v) is 26.5. The van der Waals surface area contributed by atoms with Gasteiger partial charge >= 0.3 is 0 Å². The summed E-state index contributed by atoms with van der Waals surface area (Å²) in [4.78, 5) is 26.3. The molecule has 236 valence electrons. The van der Waals surface area contributed by atoms with Gasteiger partial charge in [0.25, 0.3) is 5.91 Å². The van der Waals surface area contributed by atoms with Crippen LogP contribution in [0.1, 0.15) is 71.9 Å². The van der Waals surface area contributed by atoms with Gasteiger partial charge in [-0.3, -0.25) is 9.69 Å². The molecule has 0 bridgehead atoms. The summed E-state index contributed by atoms with van der Waals surface area (Å²) in [5, 5.41) is 22.5. The molecule has 2 aromatic carbocycles. The monoisotopic (exact) mass is 655 g/mol. The van der Waals surface area contributed by atoms with Crippen LogP contribution in [-0.4, -0.2) is 63.2 Å². The van der Waals surface area contributed by atoms with Gasteiger partial charge in [0.2, 0.25) is 0 Å². The Balaban J connectivity index is 1.55. The number of carbonyl (C=O) groups excluding carboxylic acids is 1. The summed E-state index contributed by atoms with van der Waals surface area (Å²) in [6, 6.07) is 11.3. The van der Waals surface area contributed by atoms with E-state index in [4.69, 9.17) is 27.9 Å². The van der Waals surface area contributed by atoms with Crippen LogP contribution in [0.5, 0.6) is 0 Å². The first kappa shape index (κ1) is 31.8. The minimum absolute atomic E-state index is 0.0214. The van der Waals surface area contributed by atoms with E-state index in [2.05, 4.69) is 16.0 Å². The predicted octanol–water partition coefficient (Wildman–Crippen LogP) is 6.13. The van der Waals surface area contributed by atoms with E-state index in [1.54, 1.807) is 31.2 Å². The summed E-state index contributed by atoms with van der Waals surface area (Å²) in [7, 11) is 1.88. The maximum Gasteiger partial charge on any atom is 0.257 e. The molecular formula is C33H33Cl2F2N5O3. The molecule has 3 heterocycles. The molecule has 1 amide bonds. The predicted molar refractivity (Wildman–Crippen MR) is 164 cm³/mol. The van der Waals surface area contributed by atoms with Crippen LogP contribution >= 0.6 is 23.2 Å². The third-order valence-electron chi connectivity index (χ3n) is 9.65. The molecule has 1 N–H and O–H groups in total. The maximum absolute atomic E-state index is 16.8. The summed E-state index contributed by atoms with van der Waals surface area (Å²) in [5.74, 6) is -1.27. The van der Waals surface area contributed by atoms with Crippen molar-refractivity contribution in [3.05, 3.63) is 92.7 Å². The van der Waals surface area contributed by atoms with E-state index in [-0.39, 0.29) is 54.9 Å². The van der Waals surface area contributed by atoms with Crippen LogP contribution in [0.3, 0.4) is 0 Å². The van der Waals surface area contributed by atoms with Gasteiger partial charge in [-0.2, -0.15) is 5.26 Å². The quantitative estimate of drug-likeness (QED) is 0.296. The lowest BCUT2D eigenvalue weighted by Crippen LogP contribution is -2.54. The third-order valence-corrected chi connectivity index (χ3v) is 10.1. The normalized spacial score (nSPS) is 23.3. The Morgan fingerprint density at radius 3 is 2.31 bits per heavy atom. The summed E-state index contributed by atoms with van der Waals surface area (Å²) in [5.41, 5.74) is -6.55. The molecule has 2 aliphatic heterocycles. The number of amides is 1. The molecule has 12 heteroatoms. The lowest BCUT2D eigenvalue weighted by Gasteiger charge is -2.46. The molecular weight excluding hydrogens is 623 g/mol. The van der Waals surface area contributed by atoms with Crippen LogP contribution in [0.2, 0.25) is 10.0 Å². The molecule has 0 radical (unpaired) electrons. The highest BCUT2D eigenvalue weighted by Crippen LogP contribution is 2.53. The molecule has 0 unspecified atom stereocenters. The van der Waals surface area contributed by atoms with Gasteiger partial charge in [0.15, 0.2) is 5.72 Å². The van der Waals surface area contributed by atoms with Crippen LogP contribution in [0.4, 0.5) is 8.78 Å². The van der Waals surface area contributed by atoms with Crippen LogP contribution in [0, 0.1) is 22.6 Å². The number of aliphatic hydroxyl groups is 1. The number of ether oxygens (including phenoxy) is 1. The number of piperidine rings is 1. The van der Waals surface area contributed by atoms with Gasteiger partial charge in [0, 0.05) is 36.1 Å². The highest BCUT2D eigenvalue weighted by Gasteiger charge is 2.58. The van der Waals surface area contributed by atoms with Crippen LogP contribution in [0.25, 0.3) is 0 Å². The first-order valence-corrected chi connectivity index (χ1v) is 15.7. The van der Waals surface area contributed by atoms with Gasteiger partial charge in [0.1, 0.15) is 22.9 Å². The molecule has 0 spiro atoms. The molecule has 1 aliphatic carbocycles. The van der Waals surface area contributed by atoms with Gasteiger partial charge < -0.3 is 14.7 Å². The molecule has 2 atom stereocenters. The molecule has 45 heavy (non-hydrogen) atoms. The number of benzene rings is 2. The number of rotatable bonds is 9. The number of halogens is 4. The van der Waals surface area contributed by atoms with Crippen LogP contribution in [0.15, 0.2) is 48.8 Å². The summed E-state index contributed by atoms with van der Waals surface area (Å²) < 4.78 is 40.1. The largest absolute Gasteiger partial charge is 0.382 e. The first-order valence-electron chi connectivity index (χ1n) is 14.9. The topological polar surface area (TPSA) is 103 Å². The fourth-order valence-electron chi connectivity index (χ4n) is 6.58. The standard InChI is InChI=1S/C33H33Cl2F2N5O3/c1-3-32(44,31(37)10-12-41(2)13-11-31)22-14-25-28(26(36)15-22)33(21-4-6-23(34)7-5-21,45-20-30(19-38)8-9-30)42(29(25)43)18-27-39-16-24(35)17-40-27/h4-7,14-17,44H,3,8-13,18,20H2,1-2H3/t32-,33+/m0/s1. The minimum Gasteiger partial charge on any atom is -0.382 e. The highest BCUT2D eigenvalue weighted by atomic mass is 35.5. The summed E-state index contributed by atoms with van der Waals surface area (Å²) in [6.45, 7) is 2.20. The van der Waals surface area contributed by atoms with Crippen molar-refractivity contribution in [2.75, 3.05) is 26.7 Å². The van der Waals surface area contributed by atoms with Crippen molar-refractivity contribution in [3.8, 4) is 6.07 Å². The van der Waals surface area contributed by atoms with Crippen molar-refractivity contribution in [2.24, 2.45) is 5.41 Å². The first-order chi connectivity index (χ1) is 21.4.